The molecule has 0 radical (unpaired) electrons. The first-order chi connectivity index (χ1) is 7.74. The zero-order chi connectivity index (χ0) is 11.4. The van der Waals surface area contributed by atoms with Crippen LogP contribution in [0.4, 0.5) is 5.82 Å². The van der Waals surface area contributed by atoms with Gasteiger partial charge in [-0.1, -0.05) is 13.8 Å². The van der Waals surface area contributed by atoms with Crippen molar-refractivity contribution in [3.8, 4) is 0 Å². The second kappa shape index (κ2) is 5.30. The van der Waals surface area contributed by atoms with Crippen LogP contribution in [0.5, 0.6) is 0 Å². The predicted molar refractivity (Wildman–Crippen MR) is 67.4 cm³/mol. The fourth-order valence-corrected chi connectivity index (χ4v) is 1.61. The first-order valence-electron chi connectivity index (χ1n) is 6.16. The fourth-order valence-electron chi connectivity index (χ4n) is 1.61. The smallest absolute Gasteiger partial charge is 0.126 e. The maximum Gasteiger partial charge on any atom is 0.126 e. The van der Waals surface area contributed by atoms with Crippen LogP contribution in [0, 0.1) is 5.92 Å². The fraction of sp³-hybridized carbons (Fsp3) is 0.615. The number of nitrogens with zero attached hydrogens (tertiary/aromatic N) is 1. The molecule has 1 saturated carbocycles. The molecular weight excluding hydrogens is 198 g/mol. The van der Waals surface area contributed by atoms with E-state index < -0.39 is 0 Å². The van der Waals surface area contributed by atoms with E-state index >= 15 is 0 Å². The molecule has 1 fully saturated rings. The summed E-state index contributed by atoms with van der Waals surface area (Å²) in [5, 5.41) is 6.86. The van der Waals surface area contributed by atoms with Crippen molar-refractivity contribution in [2.45, 2.75) is 39.3 Å². The standard InChI is InChI=1S/C13H21N3/c1-10(2)8-14-9-11-5-6-15-13(7-11)16-12-3-4-12/h5-7,10,12,14H,3-4,8-9H2,1-2H3,(H,15,16). The minimum Gasteiger partial charge on any atom is -0.367 e. The molecule has 2 rings (SSSR count). The lowest BCUT2D eigenvalue weighted by Gasteiger charge is -2.09. The van der Waals surface area contributed by atoms with Crippen molar-refractivity contribution in [2.24, 2.45) is 5.92 Å². The Labute approximate surface area is 97.7 Å². The summed E-state index contributed by atoms with van der Waals surface area (Å²) >= 11 is 0. The Morgan fingerprint density at radius 2 is 2.25 bits per heavy atom. The highest BCUT2D eigenvalue weighted by Crippen LogP contribution is 2.23. The molecule has 1 heterocycles. The maximum absolute atomic E-state index is 4.32. The van der Waals surface area contributed by atoms with E-state index in [2.05, 4.69) is 41.6 Å². The SMILES string of the molecule is CC(C)CNCc1ccnc(NC2CC2)c1. The highest BCUT2D eigenvalue weighted by Gasteiger charge is 2.21. The van der Waals surface area contributed by atoms with Gasteiger partial charge >= 0.3 is 0 Å². The third-order valence-corrected chi connectivity index (χ3v) is 2.64. The number of nitrogens with one attached hydrogen (secondary N) is 2. The first kappa shape index (κ1) is 11.4. The summed E-state index contributed by atoms with van der Waals surface area (Å²) in [5.74, 6) is 1.72. The average molecular weight is 219 g/mol. The molecule has 3 nitrogen and oxygen atoms in total. The van der Waals surface area contributed by atoms with Gasteiger partial charge in [-0.05, 0) is 43.0 Å². The molecular formula is C13H21N3. The van der Waals surface area contributed by atoms with Crippen molar-refractivity contribution in [3.05, 3.63) is 23.9 Å². The summed E-state index contributed by atoms with van der Waals surface area (Å²) < 4.78 is 0. The van der Waals surface area contributed by atoms with Gasteiger partial charge in [-0.2, -0.15) is 0 Å². The van der Waals surface area contributed by atoms with Crippen molar-refractivity contribution < 1.29 is 0 Å². The van der Waals surface area contributed by atoms with Crippen LogP contribution in [0.25, 0.3) is 0 Å². The Bertz CT molecular complexity index is 332. The number of pyridine rings is 1. The highest BCUT2D eigenvalue weighted by atomic mass is 15.0. The Morgan fingerprint density at radius 1 is 1.44 bits per heavy atom. The summed E-state index contributed by atoms with van der Waals surface area (Å²) in [7, 11) is 0. The Kier molecular flexibility index (Phi) is 3.78. The third kappa shape index (κ3) is 3.81. The van der Waals surface area contributed by atoms with E-state index in [4.69, 9.17) is 0 Å². The van der Waals surface area contributed by atoms with Gasteiger partial charge in [-0.25, -0.2) is 4.98 Å². The lowest BCUT2D eigenvalue weighted by molar-refractivity contribution is 0.552. The van der Waals surface area contributed by atoms with E-state index in [1.807, 2.05) is 6.20 Å². The number of aromatic nitrogens is 1. The van der Waals surface area contributed by atoms with Gasteiger partial charge in [0.15, 0.2) is 0 Å². The Balaban J connectivity index is 1.83. The van der Waals surface area contributed by atoms with Crippen LogP contribution in [0.15, 0.2) is 18.3 Å². The Hall–Kier alpha value is -1.09. The second-order valence-electron chi connectivity index (χ2n) is 4.99. The molecule has 0 saturated heterocycles. The number of hydrogen-bond acceptors (Lipinski definition) is 3. The third-order valence-electron chi connectivity index (χ3n) is 2.64. The Morgan fingerprint density at radius 3 is 2.94 bits per heavy atom. The molecule has 0 aliphatic heterocycles. The quantitative estimate of drug-likeness (QED) is 0.771. The summed E-state index contributed by atoms with van der Waals surface area (Å²) in [4.78, 5) is 4.32. The number of anilines is 1. The molecule has 16 heavy (non-hydrogen) atoms. The van der Waals surface area contributed by atoms with Crippen LogP contribution < -0.4 is 10.6 Å². The molecule has 0 unspecified atom stereocenters. The minimum atomic E-state index is 0.673. The van der Waals surface area contributed by atoms with Crippen LogP contribution in [0.2, 0.25) is 0 Å². The van der Waals surface area contributed by atoms with Crippen LogP contribution in [-0.4, -0.2) is 17.6 Å². The van der Waals surface area contributed by atoms with Gasteiger partial charge in [0.25, 0.3) is 0 Å². The van der Waals surface area contributed by atoms with Gasteiger partial charge in [-0.3, -0.25) is 0 Å². The molecule has 1 aliphatic rings. The summed E-state index contributed by atoms with van der Waals surface area (Å²) in [6, 6.07) is 4.89. The van der Waals surface area contributed by atoms with E-state index in [9.17, 15) is 0 Å². The minimum absolute atomic E-state index is 0.673. The van der Waals surface area contributed by atoms with Crippen LogP contribution in [0.3, 0.4) is 0 Å². The summed E-state index contributed by atoms with van der Waals surface area (Å²) in [6.07, 6.45) is 4.46. The van der Waals surface area contributed by atoms with E-state index in [1.54, 1.807) is 0 Å². The molecule has 0 atom stereocenters. The van der Waals surface area contributed by atoms with Crippen LogP contribution >= 0.6 is 0 Å². The van der Waals surface area contributed by atoms with E-state index in [0.717, 1.165) is 18.9 Å². The normalized spacial score (nSPS) is 15.4. The second-order valence-corrected chi connectivity index (χ2v) is 4.99. The first-order valence-corrected chi connectivity index (χ1v) is 6.16. The van der Waals surface area contributed by atoms with Gasteiger partial charge < -0.3 is 10.6 Å². The maximum atomic E-state index is 4.32. The molecule has 2 N–H and O–H groups in total. The van der Waals surface area contributed by atoms with Crippen molar-refractivity contribution in [2.75, 3.05) is 11.9 Å². The van der Waals surface area contributed by atoms with Crippen molar-refractivity contribution in [1.82, 2.24) is 10.3 Å². The molecule has 0 spiro atoms. The van der Waals surface area contributed by atoms with Crippen LogP contribution in [-0.2, 0) is 6.54 Å². The monoisotopic (exact) mass is 219 g/mol. The van der Waals surface area contributed by atoms with Gasteiger partial charge in [0.05, 0.1) is 0 Å². The van der Waals surface area contributed by atoms with Crippen molar-refractivity contribution in [3.63, 3.8) is 0 Å². The predicted octanol–water partition coefficient (Wildman–Crippen LogP) is 2.40. The van der Waals surface area contributed by atoms with E-state index in [0.29, 0.717) is 12.0 Å². The molecule has 1 aliphatic carbocycles. The van der Waals surface area contributed by atoms with Gasteiger partial charge in [0.2, 0.25) is 0 Å². The zero-order valence-corrected chi connectivity index (χ0v) is 10.2. The molecule has 3 heteroatoms. The topological polar surface area (TPSA) is 37.0 Å². The van der Waals surface area contributed by atoms with Crippen LogP contribution in [0.1, 0.15) is 32.3 Å². The largest absolute Gasteiger partial charge is 0.367 e. The molecule has 0 amide bonds. The lowest BCUT2D eigenvalue weighted by atomic mass is 10.2. The van der Waals surface area contributed by atoms with Crippen molar-refractivity contribution in [1.29, 1.82) is 0 Å². The zero-order valence-electron chi connectivity index (χ0n) is 10.2. The number of hydrogen-bond donors (Lipinski definition) is 2. The molecule has 1 aromatic rings. The summed E-state index contributed by atoms with van der Waals surface area (Å²) in [5.41, 5.74) is 1.30. The molecule has 1 aromatic heterocycles. The van der Waals surface area contributed by atoms with Crippen molar-refractivity contribution >= 4 is 5.82 Å². The molecule has 0 bridgehead atoms. The molecule has 88 valence electrons. The van der Waals surface area contributed by atoms with Gasteiger partial charge in [0, 0.05) is 18.8 Å². The summed E-state index contributed by atoms with van der Waals surface area (Å²) in [6.45, 7) is 6.44. The lowest BCUT2D eigenvalue weighted by Crippen LogP contribution is -2.19. The van der Waals surface area contributed by atoms with Gasteiger partial charge in [0.1, 0.15) is 5.82 Å². The van der Waals surface area contributed by atoms with Gasteiger partial charge in [-0.15, -0.1) is 0 Å². The number of rotatable bonds is 6. The van der Waals surface area contributed by atoms with E-state index in [1.165, 1.54) is 18.4 Å². The highest BCUT2D eigenvalue weighted by molar-refractivity contribution is 5.39. The molecule has 0 aromatic carbocycles. The average Bonchev–Trinajstić information content (AvgIpc) is 3.02. The van der Waals surface area contributed by atoms with E-state index in [-0.39, 0.29) is 0 Å².